The Labute approximate surface area is 112 Å². The minimum atomic E-state index is 0.403. The zero-order valence-electron chi connectivity index (χ0n) is 10.3. The lowest BCUT2D eigenvalue weighted by Crippen LogP contribution is -2.05. The quantitative estimate of drug-likeness (QED) is 0.596. The first-order valence-corrected chi connectivity index (χ1v) is 6.46. The summed E-state index contributed by atoms with van der Waals surface area (Å²) in [5.74, 6) is 1.31. The van der Waals surface area contributed by atoms with E-state index >= 15 is 0 Å². The predicted octanol–water partition coefficient (Wildman–Crippen LogP) is 2.79. The number of aryl methyl sites for hydroxylation is 2. The molecule has 0 atom stereocenters. The first kappa shape index (κ1) is 12.9. The number of ether oxygens (including phenoxy) is 1. The third-order valence-corrected chi connectivity index (χ3v) is 2.79. The summed E-state index contributed by atoms with van der Waals surface area (Å²) >= 11 is 5.66. The molecule has 1 heterocycles. The minimum Gasteiger partial charge on any atom is -0.494 e. The van der Waals surface area contributed by atoms with Gasteiger partial charge in [0, 0.05) is 19.2 Å². The third-order valence-electron chi connectivity index (χ3n) is 2.51. The topological polar surface area (TPSA) is 39.9 Å². The molecule has 2 aromatic rings. The van der Waals surface area contributed by atoms with Gasteiger partial charge in [-0.25, -0.2) is 0 Å². The summed E-state index contributed by atoms with van der Waals surface area (Å²) in [6.45, 7) is 3.51. The average Bonchev–Trinajstić information content (AvgIpc) is 2.83. The number of halogens is 1. The van der Waals surface area contributed by atoms with Gasteiger partial charge in [-0.3, -0.25) is 4.68 Å². The molecule has 0 saturated carbocycles. The maximum Gasteiger partial charge on any atom is 0.119 e. The molecule has 0 saturated heterocycles. The van der Waals surface area contributed by atoms with Gasteiger partial charge in [-0.05, 0) is 24.6 Å². The van der Waals surface area contributed by atoms with Gasteiger partial charge in [-0.1, -0.05) is 17.3 Å². The van der Waals surface area contributed by atoms with E-state index in [2.05, 4.69) is 23.3 Å². The lowest BCUT2D eigenvalue weighted by atomic mass is 10.2. The van der Waals surface area contributed by atoms with Gasteiger partial charge in [0.05, 0.1) is 18.2 Å². The van der Waals surface area contributed by atoms with Crippen molar-refractivity contribution in [2.24, 2.45) is 0 Å². The summed E-state index contributed by atoms with van der Waals surface area (Å²) in [5.41, 5.74) is 2.01. The van der Waals surface area contributed by atoms with Crippen LogP contribution >= 0.6 is 11.6 Å². The van der Waals surface area contributed by atoms with Gasteiger partial charge in [0.25, 0.3) is 0 Å². The second-order valence-corrected chi connectivity index (χ2v) is 4.39. The summed E-state index contributed by atoms with van der Waals surface area (Å²) in [5, 5.41) is 7.90. The van der Waals surface area contributed by atoms with Crippen LogP contribution in [-0.4, -0.2) is 21.6 Å². The Balaban J connectivity index is 1.72. The average molecular weight is 266 g/mol. The molecule has 0 unspecified atom stereocenters. The molecule has 18 heavy (non-hydrogen) atoms. The molecule has 0 aliphatic carbocycles. The predicted molar refractivity (Wildman–Crippen MR) is 70.9 cm³/mol. The van der Waals surface area contributed by atoms with Crippen molar-refractivity contribution in [1.82, 2.24) is 15.0 Å². The van der Waals surface area contributed by atoms with E-state index < -0.39 is 0 Å². The van der Waals surface area contributed by atoms with Crippen LogP contribution in [0.2, 0.25) is 0 Å². The van der Waals surface area contributed by atoms with Crippen molar-refractivity contribution in [3.8, 4) is 5.75 Å². The molecule has 0 spiro atoms. The van der Waals surface area contributed by atoms with Crippen molar-refractivity contribution in [2.75, 3.05) is 6.61 Å². The van der Waals surface area contributed by atoms with E-state index in [9.17, 15) is 0 Å². The fourth-order valence-corrected chi connectivity index (χ4v) is 1.75. The molecular weight excluding hydrogens is 250 g/mol. The van der Waals surface area contributed by atoms with Crippen LogP contribution in [-0.2, 0) is 12.4 Å². The van der Waals surface area contributed by atoms with E-state index in [0.717, 1.165) is 24.4 Å². The molecule has 0 aliphatic heterocycles. The highest BCUT2D eigenvalue weighted by Crippen LogP contribution is 2.12. The van der Waals surface area contributed by atoms with E-state index in [1.807, 2.05) is 24.4 Å². The number of alkyl halides is 1. The zero-order chi connectivity index (χ0) is 12.8. The van der Waals surface area contributed by atoms with E-state index in [4.69, 9.17) is 16.3 Å². The van der Waals surface area contributed by atoms with Crippen LogP contribution in [0.15, 0.2) is 30.5 Å². The Bertz CT molecular complexity index is 498. The van der Waals surface area contributed by atoms with Gasteiger partial charge in [0.15, 0.2) is 0 Å². The van der Waals surface area contributed by atoms with E-state index in [-0.39, 0.29) is 0 Å². The molecule has 4 nitrogen and oxygen atoms in total. The maximum absolute atomic E-state index is 5.66. The van der Waals surface area contributed by atoms with Crippen LogP contribution < -0.4 is 4.74 Å². The van der Waals surface area contributed by atoms with Crippen LogP contribution in [0.4, 0.5) is 0 Å². The SMILES string of the molecule is Cc1cccc(OCCCn2cc(CCl)nn2)c1. The maximum atomic E-state index is 5.66. The Morgan fingerprint density at radius 1 is 1.39 bits per heavy atom. The monoisotopic (exact) mass is 265 g/mol. The van der Waals surface area contributed by atoms with Gasteiger partial charge < -0.3 is 4.74 Å². The molecule has 0 amide bonds. The number of benzene rings is 1. The van der Waals surface area contributed by atoms with E-state index in [1.165, 1.54) is 5.56 Å². The molecule has 0 radical (unpaired) electrons. The minimum absolute atomic E-state index is 0.403. The van der Waals surface area contributed by atoms with Crippen molar-refractivity contribution in [1.29, 1.82) is 0 Å². The number of aromatic nitrogens is 3. The standard InChI is InChI=1S/C13H16ClN3O/c1-11-4-2-5-13(8-11)18-7-3-6-17-10-12(9-14)15-16-17/h2,4-5,8,10H,3,6-7,9H2,1H3. The first-order valence-electron chi connectivity index (χ1n) is 5.92. The normalized spacial score (nSPS) is 10.6. The van der Waals surface area contributed by atoms with Crippen molar-refractivity contribution >= 4 is 11.6 Å². The Morgan fingerprint density at radius 3 is 3.00 bits per heavy atom. The lowest BCUT2D eigenvalue weighted by molar-refractivity contribution is 0.298. The fourth-order valence-electron chi connectivity index (χ4n) is 1.63. The van der Waals surface area contributed by atoms with Crippen molar-refractivity contribution in [2.45, 2.75) is 25.8 Å². The van der Waals surface area contributed by atoms with Crippen LogP contribution in [0.25, 0.3) is 0 Å². The van der Waals surface area contributed by atoms with Crippen LogP contribution in [0.1, 0.15) is 17.7 Å². The first-order chi connectivity index (χ1) is 8.78. The summed E-state index contributed by atoms with van der Waals surface area (Å²) in [6, 6.07) is 8.04. The lowest BCUT2D eigenvalue weighted by Gasteiger charge is -2.06. The third kappa shape index (κ3) is 3.74. The highest BCUT2D eigenvalue weighted by Gasteiger charge is 1.99. The molecule has 0 N–H and O–H groups in total. The smallest absolute Gasteiger partial charge is 0.119 e. The zero-order valence-corrected chi connectivity index (χ0v) is 11.1. The number of rotatable bonds is 6. The summed E-state index contributed by atoms with van der Waals surface area (Å²) < 4.78 is 7.44. The molecular formula is C13H16ClN3O. The fraction of sp³-hybridized carbons (Fsp3) is 0.385. The number of hydrogen-bond acceptors (Lipinski definition) is 3. The highest BCUT2D eigenvalue weighted by molar-refractivity contribution is 6.16. The summed E-state index contributed by atoms with van der Waals surface area (Å²) in [6.07, 6.45) is 2.75. The summed E-state index contributed by atoms with van der Waals surface area (Å²) in [7, 11) is 0. The van der Waals surface area contributed by atoms with Gasteiger partial charge in [0.1, 0.15) is 5.75 Å². The molecule has 1 aromatic heterocycles. The molecule has 1 aromatic carbocycles. The number of nitrogens with zero attached hydrogens (tertiary/aromatic N) is 3. The van der Waals surface area contributed by atoms with Crippen LogP contribution in [0, 0.1) is 6.92 Å². The van der Waals surface area contributed by atoms with Crippen molar-refractivity contribution < 1.29 is 4.74 Å². The van der Waals surface area contributed by atoms with Gasteiger partial charge >= 0.3 is 0 Å². The van der Waals surface area contributed by atoms with Crippen LogP contribution in [0.5, 0.6) is 5.75 Å². The molecule has 0 fully saturated rings. The van der Waals surface area contributed by atoms with Gasteiger partial charge in [0.2, 0.25) is 0 Å². The van der Waals surface area contributed by atoms with E-state index in [0.29, 0.717) is 12.5 Å². The number of hydrogen-bond donors (Lipinski definition) is 0. The second kappa shape index (κ2) is 6.40. The molecule has 5 heteroatoms. The van der Waals surface area contributed by atoms with Crippen molar-refractivity contribution in [3.05, 3.63) is 41.7 Å². The Kier molecular flexibility index (Phi) is 4.59. The molecule has 96 valence electrons. The highest BCUT2D eigenvalue weighted by atomic mass is 35.5. The van der Waals surface area contributed by atoms with Gasteiger partial charge in [-0.2, -0.15) is 0 Å². The largest absolute Gasteiger partial charge is 0.494 e. The molecule has 2 rings (SSSR count). The summed E-state index contributed by atoms with van der Waals surface area (Å²) in [4.78, 5) is 0. The van der Waals surface area contributed by atoms with Gasteiger partial charge in [-0.15, -0.1) is 16.7 Å². The van der Waals surface area contributed by atoms with E-state index in [1.54, 1.807) is 4.68 Å². The van der Waals surface area contributed by atoms with Crippen LogP contribution in [0.3, 0.4) is 0 Å². The molecule has 0 bridgehead atoms. The Hall–Kier alpha value is -1.55. The second-order valence-electron chi connectivity index (χ2n) is 4.13. The van der Waals surface area contributed by atoms with Crippen molar-refractivity contribution in [3.63, 3.8) is 0 Å². The molecule has 0 aliphatic rings. The Morgan fingerprint density at radius 2 is 2.28 bits per heavy atom.